The predicted molar refractivity (Wildman–Crippen MR) is 79.0 cm³/mol. The number of hydrogen-bond donors (Lipinski definition) is 0. The highest BCUT2D eigenvalue weighted by Gasteiger charge is 2.44. The molecule has 0 aromatic carbocycles. The summed E-state index contributed by atoms with van der Waals surface area (Å²) in [5.41, 5.74) is 0.0244. The van der Waals surface area contributed by atoms with Gasteiger partial charge in [0.1, 0.15) is 0 Å². The lowest BCUT2D eigenvalue weighted by Crippen LogP contribution is -2.43. The molecule has 0 spiro atoms. The Morgan fingerprint density at radius 2 is 1.95 bits per heavy atom. The molecular weight excluding hydrogens is 274 g/mol. The zero-order valence-electron chi connectivity index (χ0n) is 12.2. The molecule has 2 bridgehead atoms. The van der Waals surface area contributed by atoms with Crippen LogP contribution in [0.2, 0.25) is 0 Å². The van der Waals surface area contributed by atoms with Crippen molar-refractivity contribution in [2.45, 2.75) is 38.5 Å². The van der Waals surface area contributed by atoms with Crippen LogP contribution in [0.25, 0.3) is 0 Å². The molecule has 0 aliphatic heterocycles. The summed E-state index contributed by atoms with van der Waals surface area (Å²) in [5.74, 6) is 1.64. The first-order chi connectivity index (χ1) is 9.40. The molecule has 0 unspecified atom stereocenters. The van der Waals surface area contributed by atoms with Gasteiger partial charge in [-0.05, 0) is 49.9 Å². The fraction of sp³-hybridized carbons (Fsp3) is 0.786. The van der Waals surface area contributed by atoms with Gasteiger partial charge in [0.05, 0.1) is 5.75 Å². The van der Waals surface area contributed by atoms with E-state index in [1.54, 1.807) is 31.0 Å². The highest BCUT2D eigenvalue weighted by molar-refractivity contribution is 7.92. The van der Waals surface area contributed by atoms with Crippen molar-refractivity contribution < 1.29 is 8.42 Å². The first kappa shape index (κ1) is 13.9. The van der Waals surface area contributed by atoms with Gasteiger partial charge in [0.2, 0.25) is 10.0 Å². The molecular formula is C14H23N3O2S. The Bertz CT molecular complexity index is 572. The second-order valence-electron chi connectivity index (χ2n) is 6.55. The lowest BCUT2D eigenvalue weighted by molar-refractivity contribution is 0.0860. The van der Waals surface area contributed by atoms with Crippen molar-refractivity contribution in [1.82, 2.24) is 9.78 Å². The van der Waals surface area contributed by atoms with E-state index in [1.165, 1.54) is 23.6 Å². The largest absolute Gasteiger partial charge is 0.274 e. The van der Waals surface area contributed by atoms with E-state index in [4.69, 9.17) is 0 Å². The van der Waals surface area contributed by atoms with E-state index in [2.05, 4.69) is 5.10 Å². The second kappa shape index (κ2) is 4.76. The Morgan fingerprint density at radius 3 is 2.45 bits per heavy atom. The monoisotopic (exact) mass is 297 g/mol. The van der Waals surface area contributed by atoms with Gasteiger partial charge in [-0.2, -0.15) is 5.10 Å². The van der Waals surface area contributed by atoms with Crippen molar-refractivity contribution in [2.24, 2.45) is 18.4 Å². The smallest absolute Gasteiger partial charge is 0.236 e. The molecule has 1 heterocycles. The Morgan fingerprint density at radius 1 is 1.35 bits per heavy atom. The maximum Gasteiger partial charge on any atom is 0.236 e. The summed E-state index contributed by atoms with van der Waals surface area (Å²) < 4.78 is 28.3. The number of anilines is 1. The minimum atomic E-state index is -3.29. The SMILES string of the molecule is CN(c1ccn(C)n1)S(=O)(=O)CC12CCC(CC1)CC2. The van der Waals surface area contributed by atoms with Gasteiger partial charge in [-0.25, -0.2) is 8.42 Å². The van der Waals surface area contributed by atoms with E-state index in [1.807, 2.05) is 0 Å². The number of fused-ring (bicyclic) bond motifs is 3. The molecule has 3 aliphatic carbocycles. The van der Waals surface area contributed by atoms with Crippen LogP contribution < -0.4 is 4.31 Å². The quantitative estimate of drug-likeness (QED) is 0.855. The first-order valence-corrected chi connectivity index (χ1v) is 8.97. The van der Waals surface area contributed by atoms with Crippen molar-refractivity contribution in [3.8, 4) is 0 Å². The van der Waals surface area contributed by atoms with E-state index in [-0.39, 0.29) is 11.2 Å². The third-order valence-electron chi connectivity index (χ3n) is 5.18. The van der Waals surface area contributed by atoms with Crippen LogP contribution in [0.4, 0.5) is 5.82 Å². The standard InChI is InChI=1S/C14H23N3O2S/c1-16-10-6-13(15-16)17(2)20(18,19)11-14-7-3-12(4-8-14)5-9-14/h6,10,12H,3-5,7-9,11H2,1-2H3. The number of rotatable bonds is 4. The minimum Gasteiger partial charge on any atom is -0.274 e. The van der Waals surface area contributed by atoms with Crippen LogP contribution in [0.5, 0.6) is 0 Å². The third-order valence-corrected chi connectivity index (χ3v) is 7.18. The number of aryl methyl sites for hydroxylation is 1. The fourth-order valence-electron chi connectivity index (χ4n) is 3.75. The molecule has 4 rings (SSSR count). The van der Waals surface area contributed by atoms with E-state index in [9.17, 15) is 8.42 Å². The molecule has 6 heteroatoms. The number of sulfonamides is 1. The van der Waals surface area contributed by atoms with Crippen molar-refractivity contribution in [1.29, 1.82) is 0 Å². The van der Waals surface area contributed by atoms with E-state index in [0.717, 1.165) is 25.2 Å². The summed E-state index contributed by atoms with van der Waals surface area (Å²) in [4.78, 5) is 0. The summed E-state index contributed by atoms with van der Waals surface area (Å²) >= 11 is 0. The summed E-state index contributed by atoms with van der Waals surface area (Å²) in [6.45, 7) is 0. The molecule has 1 aromatic heterocycles. The average molecular weight is 297 g/mol. The zero-order valence-corrected chi connectivity index (χ0v) is 13.1. The third kappa shape index (κ3) is 2.45. The Hall–Kier alpha value is -1.04. The summed E-state index contributed by atoms with van der Waals surface area (Å²) in [6.07, 6.45) is 8.63. The van der Waals surface area contributed by atoms with Crippen LogP contribution in [-0.4, -0.2) is 31.0 Å². The first-order valence-electron chi connectivity index (χ1n) is 7.37. The Kier molecular flexibility index (Phi) is 3.31. The molecule has 0 N–H and O–H groups in total. The predicted octanol–water partition coefficient (Wildman–Crippen LogP) is 2.16. The average Bonchev–Trinajstić information content (AvgIpc) is 2.85. The number of aromatic nitrogens is 2. The van der Waals surface area contributed by atoms with Crippen LogP contribution >= 0.6 is 0 Å². The van der Waals surface area contributed by atoms with E-state index >= 15 is 0 Å². The molecule has 3 aliphatic rings. The molecule has 5 nitrogen and oxygen atoms in total. The van der Waals surface area contributed by atoms with Crippen LogP contribution in [0.15, 0.2) is 12.3 Å². The topological polar surface area (TPSA) is 55.2 Å². The summed E-state index contributed by atoms with van der Waals surface area (Å²) in [5, 5.41) is 4.19. The van der Waals surface area contributed by atoms with E-state index in [0.29, 0.717) is 5.82 Å². The molecule has 20 heavy (non-hydrogen) atoms. The van der Waals surface area contributed by atoms with Crippen molar-refractivity contribution in [3.05, 3.63) is 12.3 Å². The van der Waals surface area contributed by atoms with Gasteiger partial charge >= 0.3 is 0 Å². The van der Waals surface area contributed by atoms with Crippen molar-refractivity contribution in [2.75, 3.05) is 17.1 Å². The van der Waals surface area contributed by atoms with Gasteiger partial charge in [0.25, 0.3) is 0 Å². The van der Waals surface area contributed by atoms with Gasteiger partial charge < -0.3 is 0 Å². The summed E-state index contributed by atoms with van der Waals surface area (Å²) in [6, 6.07) is 1.74. The van der Waals surface area contributed by atoms with Gasteiger partial charge in [-0.1, -0.05) is 0 Å². The molecule has 0 amide bonds. The zero-order chi connectivity index (χ0) is 14.4. The Labute approximate surface area is 121 Å². The van der Waals surface area contributed by atoms with Crippen LogP contribution in [0, 0.1) is 11.3 Å². The summed E-state index contributed by atoms with van der Waals surface area (Å²) in [7, 11) is 0.123. The Balaban J connectivity index is 1.78. The molecule has 3 fully saturated rings. The van der Waals surface area contributed by atoms with Gasteiger partial charge in [-0.15, -0.1) is 0 Å². The molecule has 0 atom stereocenters. The normalized spacial score (nSPS) is 29.6. The van der Waals surface area contributed by atoms with Crippen molar-refractivity contribution >= 4 is 15.8 Å². The molecule has 112 valence electrons. The number of hydrogen-bond acceptors (Lipinski definition) is 3. The maximum atomic E-state index is 12.7. The maximum absolute atomic E-state index is 12.7. The second-order valence-corrected chi connectivity index (χ2v) is 8.55. The van der Waals surface area contributed by atoms with Gasteiger partial charge in [0, 0.05) is 26.4 Å². The fourth-order valence-corrected chi connectivity index (χ4v) is 5.54. The van der Waals surface area contributed by atoms with Gasteiger partial charge in [0.15, 0.2) is 5.82 Å². The number of nitrogens with zero attached hydrogens (tertiary/aromatic N) is 3. The molecule has 3 saturated carbocycles. The molecule has 0 radical (unpaired) electrons. The van der Waals surface area contributed by atoms with Crippen LogP contribution in [0.1, 0.15) is 38.5 Å². The molecule has 0 saturated heterocycles. The van der Waals surface area contributed by atoms with E-state index < -0.39 is 10.0 Å². The minimum absolute atomic E-state index is 0.0244. The van der Waals surface area contributed by atoms with Crippen LogP contribution in [-0.2, 0) is 17.1 Å². The van der Waals surface area contributed by atoms with Gasteiger partial charge in [-0.3, -0.25) is 8.99 Å². The van der Waals surface area contributed by atoms with Crippen LogP contribution in [0.3, 0.4) is 0 Å². The lowest BCUT2D eigenvalue weighted by atomic mass is 9.62. The highest BCUT2D eigenvalue weighted by atomic mass is 32.2. The lowest BCUT2D eigenvalue weighted by Gasteiger charge is -2.46. The molecule has 1 aromatic rings. The highest BCUT2D eigenvalue weighted by Crippen LogP contribution is 2.51. The van der Waals surface area contributed by atoms with Crippen molar-refractivity contribution in [3.63, 3.8) is 0 Å².